The van der Waals surface area contributed by atoms with Gasteiger partial charge in [0.1, 0.15) is 0 Å². The van der Waals surface area contributed by atoms with Gasteiger partial charge in [0.25, 0.3) is 11.6 Å². The van der Waals surface area contributed by atoms with Gasteiger partial charge in [0, 0.05) is 37.3 Å². The maximum absolute atomic E-state index is 13.0. The number of anilines is 1. The third-order valence-corrected chi connectivity index (χ3v) is 7.80. The predicted octanol–water partition coefficient (Wildman–Crippen LogP) is 1.40. The number of ether oxygens (including phenoxy) is 2. The van der Waals surface area contributed by atoms with Gasteiger partial charge in [0.15, 0.2) is 16.4 Å². The zero-order valence-corrected chi connectivity index (χ0v) is 19.6. The summed E-state index contributed by atoms with van der Waals surface area (Å²) in [6, 6.07) is 3.27. The molecule has 0 saturated carbocycles. The summed E-state index contributed by atoms with van der Waals surface area (Å²) in [5.41, 5.74) is 0.210. The average Bonchev–Trinajstić information content (AvgIpc) is 3.16. The number of nitro groups is 1. The van der Waals surface area contributed by atoms with E-state index in [4.69, 9.17) is 9.47 Å². The van der Waals surface area contributed by atoms with Crippen LogP contribution in [-0.4, -0.2) is 86.6 Å². The molecular formula is C21H29N3O8S. The second-order valence-electron chi connectivity index (χ2n) is 8.25. The van der Waals surface area contributed by atoms with E-state index in [0.717, 1.165) is 6.07 Å². The number of amides is 1. The third kappa shape index (κ3) is 5.99. The predicted molar refractivity (Wildman–Crippen MR) is 120 cm³/mol. The summed E-state index contributed by atoms with van der Waals surface area (Å²) in [6.45, 7) is 5.06. The van der Waals surface area contributed by atoms with Crippen molar-refractivity contribution in [1.82, 2.24) is 4.90 Å². The normalized spacial score (nSPS) is 20.8. The number of morpholine rings is 1. The van der Waals surface area contributed by atoms with E-state index < -0.39 is 39.3 Å². The van der Waals surface area contributed by atoms with E-state index in [-0.39, 0.29) is 28.8 Å². The quantitative estimate of drug-likeness (QED) is 0.305. The van der Waals surface area contributed by atoms with Crippen LogP contribution in [0.2, 0.25) is 0 Å². The van der Waals surface area contributed by atoms with E-state index in [1.807, 2.05) is 18.7 Å². The lowest BCUT2D eigenvalue weighted by atomic mass is 10.1. The Labute approximate surface area is 192 Å². The molecule has 2 fully saturated rings. The van der Waals surface area contributed by atoms with Crippen molar-refractivity contribution in [1.29, 1.82) is 0 Å². The van der Waals surface area contributed by atoms with E-state index in [0.29, 0.717) is 44.8 Å². The Bertz CT molecular complexity index is 1010. The van der Waals surface area contributed by atoms with E-state index in [2.05, 4.69) is 0 Å². The molecular weight excluding hydrogens is 454 g/mol. The lowest BCUT2D eigenvalue weighted by Crippen LogP contribution is -2.48. The number of nitrogens with zero attached hydrogens (tertiary/aromatic N) is 3. The Balaban J connectivity index is 1.77. The molecule has 3 rings (SSSR count). The molecule has 2 atom stereocenters. The number of rotatable bonds is 8. The van der Waals surface area contributed by atoms with Crippen LogP contribution in [0.1, 0.15) is 37.0 Å². The molecule has 0 aromatic heterocycles. The molecule has 12 heteroatoms. The zero-order valence-electron chi connectivity index (χ0n) is 18.8. The van der Waals surface area contributed by atoms with Gasteiger partial charge < -0.3 is 19.3 Å². The Morgan fingerprint density at radius 1 is 1.33 bits per heavy atom. The Hall–Kier alpha value is -2.73. The molecule has 0 aliphatic carbocycles. The fourth-order valence-corrected chi connectivity index (χ4v) is 5.87. The molecule has 2 heterocycles. The number of non-ortho nitro benzene ring substituents is 1. The van der Waals surface area contributed by atoms with Gasteiger partial charge in [-0.25, -0.2) is 13.2 Å². The first-order valence-corrected chi connectivity index (χ1v) is 12.7. The Morgan fingerprint density at radius 3 is 2.61 bits per heavy atom. The first-order valence-electron chi connectivity index (χ1n) is 10.9. The monoisotopic (exact) mass is 483 g/mol. The molecule has 2 aliphatic heterocycles. The second-order valence-corrected chi connectivity index (χ2v) is 10.5. The highest BCUT2D eigenvalue weighted by Gasteiger charge is 2.37. The zero-order chi connectivity index (χ0) is 24.2. The molecule has 2 aliphatic rings. The van der Waals surface area contributed by atoms with Gasteiger partial charge in [-0.3, -0.25) is 14.9 Å². The number of carbonyl (C=O) groups excluding carboxylic acids is 2. The van der Waals surface area contributed by atoms with Crippen molar-refractivity contribution in [3.05, 3.63) is 33.9 Å². The van der Waals surface area contributed by atoms with Crippen LogP contribution in [0, 0.1) is 10.1 Å². The van der Waals surface area contributed by atoms with E-state index in [1.54, 1.807) is 0 Å². The summed E-state index contributed by atoms with van der Waals surface area (Å²) in [5.74, 6) is -1.42. The second kappa shape index (κ2) is 10.5. The van der Waals surface area contributed by atoms with Crippen molar-refractivity contribution in [2.45, 2.75) is 38.8 Å². The minimum atomic E-state index is -3.20. The van der Waals surface area contributed by atoms with Crippen molar-refractivity contribution in [3.8, 4) is 0 Å². The SMILES string of the molecule is CC[C@H](C)N(C(=O)COC(=O)c1cc([N+](=O)[O-])ccc1N1CCOCC1)[C@@H]1CCS(=O)(=O)C1. The average molecular weight is 484 g/mol. The number of benzene rings is 1. The van der Waals surface area contributed by atoms with Gasteiger partial charge in [0.05, 0.1) is 40.9 Å². The van der Waals surface area contributed by atoms with E-state index in [1.165, 1.54) is 17.0 Å². The molecule has 2 saturated heterocycles. The maximum atomic E-state index is 13.0. The number of hydrogen-bond donors (Lipinski definition) is 0. The van der Waals surface area contributed by atoms with Gasteiger partial charge in [0.2, 0.25) is 0 Å². The van der Waals surface area contributed by atoms with Gasteiger partial charge in [-0.1, -0.05) is 6.92 Å². The summed E-state index contributed by atoms with van der Waals surface area (Å²) >= 11 is 0. The highest BCUT2D eigenvalue weighted by molar-refractivity contribution is 7.91. The van der Waals surface area contributed by atoms with Crippen molar-refractivity contribution in [2.75, 3.05) is 49.3 Å². The Kier molecular flexibility index (Phi) is 7.90. The molecule has 0 spiro atoms. The molecule has 1 amide bonds. The fourth-order valence-electron chi connectivity index (χ4n) is 4.16. The van der Waals surface area contributed by atoms with Crippen LogP contribution < -0.4 is 4.90 Å². The molecule has 0 bridgehead atoms. The maximum Gasteiger partial charge on any atom is 0.341 e. The largest absolute Gasteiger partial charge is 0.452 e. The molecule has 0 radical (unpaired) electrons. The molecule has 0 unspecified atom stereocenters. The number of esters is 1. The summed E-state index contributed by atoms with van der Waals surface area (Å²) in [6.07, 6.45) is 0.959. The molecule has 1 aromatic rings. The number of sulfone groups is 1. The smallest absolute Gasteiger partial charge is 0.341 e. The molecule has 182 valence electrons. The van der Waals surface area contributed by atoms with Crippen molar-refractivity contribution in [3.63, 3.8) is 0 Å². The van der Waals surface area contributed by atoms with Crippen molar-refractivity contribution < 1.29 is 32.4 Å². The molecule has 11 nitrogen and oxygen atoms in total. The lowest BCUT2D eigenvalue weighted by molar-refractivity contribution is -0.384. The van der Waals surface area contributed by atoms with Crippen LogP contribution in [0.15, 0.2) is 18.2 Å². The first kappa shape index (κ1) is 24.9. The summed E-state index contributed by atoms with van der Waals surface area (Å²) in [4.78, 5) is 39.9. The van der Waals surface area contributed by atoms with Crippen LogP contribution in [-0.2, 0) is 24.1 Å². The highest BCUT2D eigenvalue weighted by Crippen LogP contribution is 2.27. The first-order chi connectivity index (χ1) is 15.6. The van der Waals surface area contributed by atoms with Gasteiger partial charge >= 0.3 is 5.97 Å². The summed E-state index contributed by atoms with van der Waals surface area (Å²) < 4.78 is 34.4. The van der Waals surface area contributed by atoms with Crippen LogP contribution >= 0.6 is 0 Å². The van der Waals surface area contributed by atoms with Gasteiger partial charge in [-0.15, -0.1) is 0 Å². The van der Waals surface area contributed by atoms with Crippen LogP contribution in [0.5, 0.6) is 0 Å². The molecule has 0 N–H and O–H groups in total. The molecule has 33 heavy (non-hydrogen) atoms. The Morgan fingerprint density at radius 2 is 2.03 bits per heavy atom. The van der Waals surface area contributed by atoms with Crippen molar-refractivity contribution >= 4 is 33.1 Å². The van der Waals surface area contributed by atoms with Crippen LogP contribution in [0.25, 0.3) is 0 Å². The summed E-state index contributed by atoms with van der Waals surface area (Å²) in [5, 5.41) is 11.2. The summed E-state index contributed by atoms with van der Waals surface area (Å²) in [7, 11) is -3.20. The van der Waals surface area contributed by atoms with Crippen LogP contribution in [0.3, 0.4) is 0 Å². The minimum absolute atomic E-state index is 0.00238. The fraction of sp³-hybridized carbons (Fsp3) is 0.619. The minimum Gasteiger partial charge on any atom is -0.452 e. The highest BCUT2D eigenvalue weighted by atomic mass is 32.2. The van der Waals surface area contributed by atoms with Gasteiger partial charge in [-0.05, 0) is 25.8 Å². The van der Waals surface area contributed by atoms with Gasteiger partial charge in [-0.2, -0.15) is 0 Å². The third-order valence-electron chi connectivity index (χ3n) is 6.04. The number of nitro benzene ring substituents is 1. The van der Waals surface area contributed by atoms with Crippen molar-refractivity contribution in [2.24, 2.45) is 0 Å². The van der Waals surface area contributed by atoms with E-state index in [9.17, 15) is 28.1 Å². The lowest BCUT2D eigenvalue weighted by Gasteiger charge is -2.33. The number of hydrogen-bond acceptors (Lipinski definition) is 9. The molecule has 1 aromatic carbocycles. The standard InChI is InChI=1S/C21H29N3O8S/c1-3-15(2)23(17-6-11-33(29,30)14-17)20(25)13-32-21(26)18-12-16(24(27)28)4-5-19(18)22-7-9-31-10-8-22/h4-5,12,15,17H,3,6-11,13-14H2,1-2H3/t15-,17+/m0/s1. The topological polar surface area (TPSA) is 136 Å². The van der Waals surface area contributed by atoms with Crippen LogP contribution in [0.4, 0.5) is 11.4 Å². The number of carbonyl (C=O) groups is 2. The van der Waals surface area contributed by atoms with E-state index >= 15 is 0 Å².